The van der Waals surface area contributed by atoms with Crippen LogP contribution in [0.15, 0.2) is 4.99 Å². The van der Waals surface area contributed by atoms with Crippen LogP contribution < -0.4 is 10.6 Å². The largest absolute Gasteiger partial charge is 0.376 e. The van der Waals surface area contributed by atoms with Crippen LogP contribution in [0.3, 0.4) is 0 Å². The van der Waals surface area contributed by atoms with Gasteiger partial charge < -0.3 is 29.7 Å². The monoisotopic (exact) mass is 538 g/mol. The van der Waals surface area contributed by atoms with Gasteiger partial charge in [-0.2, -0.15) is 0 Å². The topological polar surface area (TPSA) is 84.4 Å². The summed E-state index contributed by atoms with van der Waals surface area (Å²) in [5, 5.41) is 6.68. The van der Waals surface area contributed by atoms with E-state index in [0.29, 0.717) is 25.7 Å². The Morgan fingerprint density at radius 3 is 2.37 bits per heavy atom. The van der Waals surface area contributed by atoms with Crippen LogP contribution >= 0.6 is 24.0 Å². The van der Waals surface area contributed by atoms with Crippen LogP contribution in [0, 0.1) is 0 Å². The van der Waals surface area contributed by atoms with Crippen molar-refractivity contribution in [2.75, 3.05) is 46.9 Å². The maximum Gasteiger partial charge on any atom is 0.243 e. The van der Waals surface area contributed by atoms with Crippen LogP contribution in [-0.4, -0.2) is 81.7 Å². The van der Waals surface area contributed by atoms with Gasteiger partial charge in [0.05, 0.1) is 12.7 Å². The lowest BCUT2D eigenvalue weighted by Gasteiger charge is -2.27. The highest BCUT2D eigenvalue weighted by atomic mass is 127. The van der Waals surface area contributed by atoms with Gasteiger partial charge in [0.25, 0.3) is 0 Å². The molecule has 1 aliphatic carbocycles. The smallest absolute Gasteiger partial charge is 0.243 e. The van der Waals surface area contributed by atoms with Crippen molar-refractivity contribution < 1.29 is 19.0 Å². The highest BCUT2D eigenvalue weighted by Crippen LogP contribution is 2.36. The lowest BCUT2D eigenvalue weighted by molar-refractivity contribution is -0.175. The summed E-state index contributed by atoms with van der Waals surface area (Å²) in [6, 6.07) is 0. The van der Waals surface area contributed by atoms with E-state index in [-0.39, 0.29) is 54.4 Å². The maximum atomic E-state index is 11.9. The van der Waals surface area contributed by atoms with Crippen molar-refractivity contribution in [1.29, 1.82) is 0 Å². The zero-order chi connectivity index (χ0) is 20.5. The molecule has 2 unspecified atom stereocenters. The van der Waals surface area contributed by atoms with Crippen molar-refractivity contribution in [2.45, 2.75) is 75.8 Å². The molecule has 2 heterocycles. The molecule has 2 saturated heterocycles. The van der Waals surface area contributed by atoms with Gasteiger partial charge in [0, 0.05) is 46.6 Å². The molecule has 30 heavy (non-hydrogen) atoms. The third kappa shape index (κ3) is 8.12. The van der Waals surface area contributed by atoms with Crippen molar-refractivity contribution in [3.8, 4) is 0 Å². The molecular weight excluding hydrogens is 499 g/mol. The molecular formula is C21H39IN4O4. The standard InChI is InChI=1S/C21H38N4O4.HI/c1-25(2)19(26)15-24-20(22-13-17-9-5-8-12-27-17)23-14-18-16-28-21(29-18)10-6-3-4-7-11-21;/h17-18H,3-16H2,1-2H3,(H2,22,23,24);1H. The SMILES string of the molecule is CN(C)C(=O)CN=C(NCC1CCCCO1)NCC1COC2(CCCCCC2)O1.I. The van der Waals surface area contributed by atoms with Crippen molar-refractivity contribution in [2.24, 2.45) is 4.99 Å². The lowest BCUT2D eigenvalue weighted by Crippen LogP contribution is -2.46. The summed E-state index contributed by atoms with van der Waals surface area (Å²) in [5.41, 5.74) is 0. The Kier molecular flexibility index (Phi) is 11.1. The van der Waals surface area contributed by atoms with Gasteiger partial charge in [-0.15, -0.1) is 24.0 Å². The molecule has 8 nitrogen and oxygen atoms in total. The summed E-state index contributed by atoms with van der Waals surface area (Å²) >= 11 is 0. The molecule has 2 aliphatic heterocycles. The van der Waals surface area contributed by atoms with Crippen LogP contribution in [0.5, 0.6) is 0 Å². The number of guanidine groups is 1. The summed E-state index contributed by atoms with van der Waals surface area (Å²) in [6.07, 6.45) is 10.4. The number of likely N-dealkylation sites (N-methyl/N-ethyl adjacent to an activating group) is 1. The minimum atomic E-state index is -0.385. The van der Waals surface area contributed by atoms with E-state index in [4.69, 9.17) is 14.2 Å². The molecule has 3 rings (SSSR count). The zero-order valence-electron chi connectivity index (χ0n) is 18.5. The molecule has 1 spiro atoms. The summed E-state index contributed by atoms with van der Waals surface area (Å²) in [5.74, 6) is 0.211. The van der Waals surface area contributed by atoms with Gasteiger partial charge in [-0.25, -0.2) is 4.99 Å². The molecule has 9 heteroatoms. The third-order valence-corrected chi connectivity index (χ3v) is 5.92. The molecule has 0 bridgehead atoms. The second-order valence-electron chi connectivity index (χ2n) is 8.58. The van der Waals surface area contributed by atoms with Gasteiger partial charge in [0.2, 0.25) is 5.91 Å². The van der Waals surface area contributed by atoms with Gasteiger partial charge in [-0.05, 0) is 32.1 Å². The minimum absolute atomic E-state index is 0. The maximum absolute atomic E-state index is 11.9. The number of rotatable bonds is 6. The van der Waals surface area contributed by atoms with E-state index in [9.17, 15) is 4.79 Å². The first-order valence-electron chi connectivity index (χ1n) is 11.2. The fraction of sp³-hybridized carbons (Fsp3) is 0.905. The average Bonchev–Trinajstić information content (AvgIpc) is 2.98. The molecule has 2 N–H and O–H groups in total. The number of ether oxygens (including phenoxy) is 3. The number of nitrogens with one attached hydrogen (secondary N) is 2. The molecule has 2 atom stereocenters. The number of hydrogen-bond acceptors (Lipinski definition) is 5. The number of carbonyl (C=O) groups is 1. The van der Waals surface area contributed by atoms with Crippen molar-refractivity contribution >= 4 is 35.8 Å². The summed E-state index contributed by atoms with van der Waals surface area (Å²) in [7, 11) is 3.48. The number of amides is 1. The Labute approximate surface area is 197 Å². The molecule has 1 saturated carbocycles. The Bertz CT molecular complexity index is 547. The predicted molar refractivity (Wildman–Crippen MR) is 127 cm³/mol. The molecule has 1 amide bonds. The van der Waals surface area contributed by atoms with E-state index in [1.165, 1.54) is 32.1 Å². The van der Waals surface area contributed by atoms with E-state index < -0.39 is 0 Å². The predicted octanol–water partition coefficient (Wildman–Crippen LogP) is 2.26. The summed E-state index contributed by atoms with van der Waals surface area (Å²) < 4.78 is 18.2. The summed E-state index contributed by atoms with van der Waals surface area (Å²) in [4.78, 5) is 18.0. The first-order valence-corrected chi connectivity index (χ1v) is 11.2. The molecule has 0 radical (unpaired) electrons. The number of halogens is 1. The van der Waals surface area contributed by atoms with E-state index in [0.717, 1.165) is 32.3 Å². The Morgan fingerprint density at radius 1 is 1.03 bits per heavy atom. The zero-order valence-corrected chi connectivity index (χ0v) is 20.8. The quantitative estimate of drug-likeness (QED) is 0.307. The highest BCUT2D eigenvalue weighted by Gasteiger charge is 2.41. The van der Waals surface area contributed by atoms with E-state index in [2.05, 4.69) is 15.6 Å². The van der Waals surface area contributed by atoms with Gasteiger partial charge in [0.15, 0.2) is 11.7 Å². The van der Waals surface area contributed by atoms with Crippen LogP contribution in [0.2, 0.25) is 0 Å². The fourth-order valence-corrected chi connectivity index (χ4v) is 4.10. The Morgan fingerprint density at radius 2 is 1.73 bits per heavy atom. The average molecular weight is 538 g/mol. The van der Waals surface area contributed by atoms with Crippen LogP contribution in [0.1, 0.15) is 57.8 Å². The normalized spacial score (nSPS) is 26.5. The second-order valence-corrected chi connectivity index (χ2v) is 8.58. The van der Waals surface area contributed by atoms with Gasteiger partial charge in [-0.1, -0.05) is 12.8 Å². The third-order valence-electron chi connectivity index (χ3n) is 5.92. The number of nitrogens with zero attached hydrogens (tertiary/aromatic N) is 2. The minimum Gasteiger partial charge on any atom is -0.376 e. The molecule has 174 valence electrons. The van der Waals surface area contributed by atoms with Crippen LogP contribution in [0.25, 0.3) is 0 Å². The summed E-state index contributed by atoms with van der Waals surface area (Å²) in [6.45, 7) is 2.83. The van der Waals surface area contributed by atoms with Crippen LogP contribution in [0.4, 0.5) is 0 Å². The lowest BCUT2D eigenvalue weighted by atomic mass is 10.1. The fourth-order valence-electron chi connectivity index (χ4n) is 4.10. The van der Waals surface area contributed by atoms with E-state index >= 15 is 0 Å². The van der Waals surface area contributed by atoms with Crippen molar-refractivity contribution in [1.82, 2.24) is 15.5 Å². The van der Waals surface area contributed by atoms with Crippen molar-refractivity contribution in [3.63, 3.8) is 0 Å². The molecule has 3 aliphatic rings. The Hall–Kier alpha value is -0.650. The van der Waals surface area contributed by atoms with Crippen LogP contribution in [-0.2, 0) is 19.0 Å². The van der Waals surface area contributed by atoms with E-state index in [1.54, 1.807) is 19.0 Å². The van der Waals surface area contributed by atoms with Gasteiger partial charge in [0.1, 0.15) is 12.6 Å². The van der Waals surface area contributed by atoms with Crippen molar-refractivity contribution in [3.05, 3.63) is 0 Å². The Balaban J connectivity index is 0.00000320. The number of aliphatic imine (C=N–C) groups is 1. The number of hydrogen-bond donors (Lipinski definition) is 2. The molecule has 0 aromatic rings. The van der Waals surface area contributed by atoms with Gasteiger partial charge >= 0.3 is 0 Å². The second kappa shape index (κ2) is 13.0. The molecule has 0 aromatic heterocycles. The molecule has 3 fully saturated rings. The number of carbonyl (C=O) groups excluding carboxylic acids is 1. The highest BCUT2D eigenvalue weighted by molar-refractivity contribution is 14.0. The van der Waals surface area contributed by atoms with Gasteiger partial charge in [-0.3, -0.25) is 4.79 Å². The van der Waals surface area contributed by atoms with E-state index in [1.807, 2.05) is 0 Å². The first-order chi connectivity index (χ1) is 14.1. The molecule has 0 aromatic carbocycles. The first kappa shape index (κ1) is 25.6.